The molecule has 0 saturated heterocycles. The summed E-state index contributed by atoms with van der Waals surface area (Å²) in [6, 6.07) is 0. The smallest absolute Gasteiger partial charge is 0.418 e. The van der Waals surface area contributed by atoms with Crippen LogP contribution in [0.2, 0.25) is 0 Å². The van der Waals surface area contributed by atoms with E-state index in [0.29, 0.717) is 0 Å². The van der Waals surface area contributed by atoms with Crippen molar-refractivity contribution < 1.29 is 17.3 Å². The molecule has 82 valence electrons. The first-order chi connectivity index (χ1) is 5.91. The van der Waals surface area contributed by atoms with Crippen molar-refractivity contribution in [1.82, 2.24) is 0 Å². The number of hydrogen-bond donors (Lipinski definition) is 0. The van der Waals surface area contributed by atoms with E-state index < -0.39 is 7.25 Å². The Morgan fingerprint density at radius 2 is 0.923 bits per heavy atom. The summed E-state index contributed by atoms with van der Waals surface area (Å²) in [6.07, 6.45) is 8.49. The van der Waals surface area contributed by atoms with Crippen LogP contribution in [0.5, 0.6) is 0 Å². The van der Waals surface area contributed by atoms with Crippen LogP contribution in [0, 0.1) is 0 Å². The summed E-state index contributed by atoms with van der Waals surface area (Å²) in [4.78, 5) is 0. The van der Waals surface area contributed by atoms with Crippen molar-refractivity contribution >= 4 is 7.25 Å². The van der Waals surface area contributed by atoms with E-state index >= 15 is 0 Å². The molecule has 0 aromatic rings. The molecule has 0 aliphatic carbocycles. The maximum atomic E-state index is 9.75. The van der Waals surface area contributed by atoms with E-state index in [9.17, 15) is 17.3 Å². The normalized spacial score (nSPS) is 10.6. The van der Waals surface area contributed by atoms with Gasteiger partial charge in [-0.3, -0.25) is 0 Å². The van der Waals surface area contributed by atoms with Crippen molar-refractivity contribution in [2.75, 3.05) is 0 Å². The predicted octanol–water partition coefficient (Wildman–Crippen LogP) is 4.67. The lowest BCUT2D eigenvalue weighted by molar-refractivity contribution is 0.368. The van der Waals surface area contributed by atoms with Gasteiger partial charge in [-0.2, -0.15) is 0 Å². The van der Waals surface area contributed by atoms with Gasteiger partial charge in [-0.1, -0.05) is 52.4 Å². The van der Waals surface area contributed by atoms with E-state index in [4.69, 9.17) is 0 Å². The fourth-order valence-electron chi connectivity index (χ4n) is 0.854. The maximum Gasteiger partial charge on any atom is 0.673 e. The van der Waals surface area contributed by atoms with Crippen LogP contribution in [-0.4, -0.2) is 7.25 Å². The van der Waals surface area contributed by atoms with Crippen LogP contribution in [-0.2, 0) is 0 Å². The van der Waals surface area contributed by atoms with E-state index in [1.54, 1.807) is 0 Å². The zero-order valence-corrected chi connectivity index (χ0v) is 8.33. The van der Waals surface area contributed by atoms with Gasteiger partial charge in [-0.05, 0) is 0 Å². The van der Waals surface area contributed by atoms with Crippen LogP contribution in [0.15, 0.2) is 0 Å². The molecule has 0 aliphatic rings. The largest absolute Gasteiger partial charge is 0.673 e. The zero-order chi connectivity index (χ0) is 10.7. The van der Waals surface area contributed by atoms with Crippen molar-refractivity contribution in [2.24, 2.45) is 0 Å². The first-order valence-corrected chi connectivity index (χ1v) is 4.79. The Labute approximate surface area is 77.8 Å². The van der Waals surface area contributed by atoms with Gasteiger partial charge in [0, 0.05) is 0 Å². The summed E-state index contributed by atoms with van der Waals surface area (Å²) in [5.74, 6) is 0. The lowest BCUT2D eigenvalue weighted by atomic mass is 10.1. The van der Waals surface area contributed by atoms with E-state index in [1.807, 2.05) is 0 Å². The van der Waals surface area contributed by atoms with Crippen LogP contribution in [0.1, 0.15) is 52.4 Å². The highest BCUT2D eigenvalue weighted by Crippen LogP contribution is 2.06. The molecule has 13 heavy (non-hydrogen) atoms. The SMILES string of the molecule is CCCCCCCC.F[B-](F)(F)F. The third-order valence-electron chi connectivity index (χ3n) is 1.46. The van der Waals surface area contributed by atoms with Gasteiger partial charge >= 0.3 is 7.25 Å². The second-order valence-electron chi connectivity index (χ2n) is 2.91. The zero-order valence-electron chi connectivity index (χ0n) is 8.33. The minimum absolute atomic E-state index is 1.36. The van der Waals surface area contributed by atoms with Crippen LogP contribution < -0.4 is 0 Å². The minimum atomic E-state index is -6.00. The van der Waals surface area contributed by atoms with Gasteiger partial charge in [0.05, 0.1) is 0 Å². The molecule has 5 heteroatoms. The molecule has 0 saturated carbocycles. The molecule has 0 fully saturated rings. The van der Waals surface area contributed by atoms with Crippen LogP contribution >= 0.6 is 0 Å². The summed E-state index contributed by atoms with van der Waals surface area (Å²) in [5.41, 5.74) is 0. The van der Waals surface area contributed by atoms with Gasteiger partial charge in [0.1, 0.15) is 0 Å². The fraction of sp³-hybridized carbons (Fsp3) is 1.00. The maximum absolute atomic E-state index is 9.75. The molecule has 0 atom stereocenters. The van der Waals surface area contributed by atoms with Crippen LogP contribution in [0.25, 0.3) is 0 Å². The Balaban J connectivity index is 0. The molecule has 0 unspecified atom stereocenters. The molecule has 0 aromatic heterocycles. The number of halogens is 4. The summed E-state index contributed by atoms with van der Waals surface area (Å²) in [5, 5.41) is 0. The molecular weight excluding hydrogens is 183 g/mol. The predicted molar refractivity (Wildman–Crippen MR) is 49.2 cm³/mol. The fourth-order valence-corrected chi connectivity index (χ4v) is 0.854. The van der Waals surface area contributed by atoms with E-state index in [1.165, 1.54) is 38.5 Å². The van der Waals surface area contributed by atoms with Crippen molar-refractivity contribution in [3.8, 4) is 0 Å². The van der Waals surface area contributed by atoms with Gasteiger partial charge in [0.2, 0.25) is 0 Å². The lowest BCUT2D eigenvalue weighted by Gasteiger charge is -1.94. The summed E-state index contributed by atoms with van der Waals surface area (Å²) >= 11 is 0. The second-order valence-corrected chi connectivity index (χ2v) is 2.91. The summed E-state index contributed by atoms with van der Waals surface area (Å²) < 4.78 is 39.0. The highest BCUT2D eigenvalue weighted by atomic mass is 19.5. The molecule has 0 aromatic carbocycles. The molecule has 0 nitrogen and oxygen atoms in total. The van der Waals surface area contributed by atoms with Crippen molar-refractivity contribution in [3.05, 3.63) is 0 Å². The highest BCUT2D eigenvalue weighted by molar-refractivity contribution is 6.50. The molecule has 0 heterocycles. The Hall–Kier alpha value is -0.215. The molecule has 0 amide bonds. The average Bonchev–Trinajstić information content (AvgIpc) is 1.95. The summed E-state index contributed by atoms with van der Waals surface area (Å²) in [7, 11) is -6.00. The van der Waals surface area contributed by atoms with Crippen molar-refractivity contribution in [1.29, 1.82) is 0 Å². The first kappa shape index (κ1) is 15.3. The number of rotatable bonds is 5. The van der Waals surface area contributed by atoms with Crippen LogP contribution in [0.4, 0.5) is 17.3 Å². The molecule has 0 bridgehead atoms. The standard InChI is InChI=1S/C8H18.BF4/c1-3-5-7-8-6-4-2;2-1(3,4)5/h3-8H2,1-2H3;/q;-1. The van der Waals surface area contributed by atoms with Gasteiger partial charge in [0.15, 0.2) is 0 Å². The summed E-state index contributed by atoms with van der Waals surface area (Å²) in [6.45, 7) is 4.51. The quantitative estimate of drug-likeness (QED) is 0.344. The Bertz CT molecular complexity index is 80.6. The second kappa shape index (κ2) is 9.87. The third-order valence-corrected chi connectivity index (χ3v) is 1.46. The molecule has 0 N–H and O–H groups in total. The van der Waals surface area contributed by atoms with Crippen molar-refractivity contribution in [2.45, 2.75) is 52.4 Å². The Kier molecular flexibility index (Phi) is 11.6. The average molecular weight is 201 g/mol. The third kappa shape index (κ3) is 49.3. The monoisotopic (exact) mass is 201 g/mol. The topological polar surface area (TPSA) is 0 Å². The Morgan fingerprint density at radius 3 is 1.08 bits per heavy atom. The van der Waals surface area contributed by atoms with E-state index in [0.717, 1.165) is 0 Å². The lowest BCUT2D eigenvalue weighted by Crippen LogP contribution is -2.02. The first-order valence-electron chi connectivity index (χ1n) is 4.79. The Morgan fingerprint density at radius 1 is 0.692 bits per heavy atom. The molecule has 0 radical (unpaired) electrons. The minimum Gasteiger partial charge on any atom is -0.418 e. The highest BCUT2D eigenvalue weighted by Gasteiger charge is 2.20. The van der Waals surface area contributed by atoms with E-state index in [-0.39, 0.29) is 0 Å². The van der Waals surface area contributed by atoms with E-state index in [2.05, 4.69) is 13.8 Å². The van der Waals surface area contributed by atoms with Gasteiger partial charge in [0.25, 0.3) is 0 Å². The molecule has 0 spiro atoms. The molecule has 0 aliphatic heterocycles. The van der Waals surface area contributed by atoms with Gasteiger partial charge in [-0.15, -0.1) is 0 Å². The van der Waals surface area contributed by atoms with Crippen molar-refractivity contribution in [3.63, 3.8) is 0 Å². The number of hydrogen-bond acceptors (Lipinski definition) is 0. The van der Waals surface area contributed by atoms with Crippen LogP contribution in [0.3, 0.4) is 0 Å². The van der Waals surface area contributed by atoms with Gasteiger partial charge in [-0.25, -0.2) is 0 Å². The van der Waals surface area contributed by atoms with Gasteiger partial charge < -0.3 is 17.3 Å². The molecule has 0 rings (SSSR count). The number of unbranched alkanes of at least 4 members (excludes halogenated alkanes) is 5. The molecular formula is C8H18BF4-.